The Morgan fingerprint density at radius 2 is 1.90 bits per heavy atom. The molecule has 1 N–H and O–H groups in total. The minimum Gasteiger partial charge on any atom is -0.343 e. The molecule has 2 amide bonds. The lowest BCUT2D eigenvalue weighted by atomic mass is 9.88. The molecule has 5 heteroatoms. The Balaban J connectivity index is 1.59. The van der Waals surface area contributed by atoms with Crippen molar-refractivity contribution in [3.05, 3.63) is 0 Å². The molecule has 0 bridgehead atoms. The zero-order valence-corrected chi connectivity index (χ0v) is 12.3. The molecule has 3 aliphatic rings. The van der Waals surface area contributed by atoms with E-state index < -0.39 is 0 Å². The molecule has 2 heterocycles. The van der Waals surface area contributed by atoms with Gasteiger partial charge in [-0.05, 0) is 25.7 Å². The van der Waals surface area contributed by atoms with E-state index in [1.165, 1.54) is 32.1 Å². The summed E-state index contributed by atoms with van der Waals surface area (Å²) in [6, 6.07) is -0.625. The van der Waals surface area contributed by atoms with Crippen LogP contribution in [0.2, 0.25) is 0 Å². The van der Waals surface area contributed by atoms with Gasteiger partial charge >= 0.3 is 0 Å². The first-order valence-corrected chi connectivity index (χ1v) is 7.98. The maximum atomic E-state index is 12.1. The van der Waals surface area contributed by atoms with Crippen LogP contribution in [0.3, 0.4) is 0 Å². The Morgan fingerprint density at radius 1 is 1.15 bits per heavy atom. The molecule has 3 rings (SSSR count). The predicted octanol–water partition coefficient (Wildman–Crippen LogP) is 0.598. The third kappa shape index (κ3) is 2.68. The quantitative estimate of drug-likeness (QED) is 0.805. The number of amides is 2. The van der Waals surface area contributed by atoms with Crippen molar-refractivity contribution in [2.75, 3.05) is 26.2 Å². The van der Waals surface area contributed by atoms with Gasteiger partial charge in [-0.2, -0.15) is 0 Å². The number of fused-ring (bicyclic) bond motifs is 1. The molecular formula is C15H25N3O2. The van der Waals surface area contributed by atoms with Gasteiger partial charge < -0.3 is 10.2 Å². The van der Waals surface area contributed by atoms with Crippen molar-refractivity contribution in [1.82, 2.24) is 15.1 Å². The second-order valence-corrected chi connectivity index (χ2v) is 6.54. The number of nitrogens with zero attached hydrogens (tertiary/aromatic N) is 2. The summed E-state index contributed by atoms with van der Waals surface area (Å²) in [6.45, 7) is 5.19. The summed E-state index contributed by atoms with van der Waals surface area (Å²) >= 11 is 0. The summed E-state index contributed by atoms with van der Waals surface area (Å²) in [5, 5.41) is 2.80. The number of nitrogens with one attached hydrogen (secondary N) is 1. The highest BCUT2D eigenvalue weighted by Crippen LogP contribution is 2.25. The van der Waals surface area contributed by atoms with E-state index in [-0.39, 0.29) is 23.9 Å². The van der Waals surface area contributed by atoms with Gasteiger partial charge in [0.1, 0.15) is 12.1 Å². The van der Waals surface area contributed by atoms with Crippen molar-refractivity contribution in [1.29, 1.82) is 0 Å². The Morgan fingerprint density at radius 3 is 2.65 bits per heavy atom. The Hall–Kier alpha value is -1.10. The molecule has 0 aromatic heterocycles. The summed E-state index contributed by atoms with van der Waals surface area (Å²) in [7, 11) is 0. The van der Waals surface area contributed by atoms with Gasteiger partial charge in [0.2, 0.25) is 11.8 Å². The fourth-order valence-corrected chi connectivity index (χ4v) is 3.85. The zero-order chi connectivity index (χ0) is 14.1. The highest BCUT2D eigenvalue weighted by Gasteiger charge is 2.41. The number of rotatable bonds is 2. The molecule has 112 valence electrons. The molecule has 0 unspecified atom stereocenters. The molecule has 2 aliphatic heterocycles. The van der Waals surface area contributed by atoms with Crippen LogP contribution in [0.5, 0.6) is 0 Å². The van der Waals surface area contributed by atoms with Gasteiger partial charge in [0.15, 0.2) is 0 Å². The smallest absolute Gasteiger partial charge is 0.245 e. The highest BCUT2D eigenvalue weighted by molar-refractivity contribution is 5.97. The van der Waals surface area contributed by atoms with Crippen LogP contribution < -0.4 is 5.32 Å². The third-order valence-electron chi connectivity index (χ3n) is 5.02. The van der Waals surface area contributed by atoms with Crippen molar-refractivity contribution in [2.24, 2.45) is 5.92 Å². The maximum Gasteiger partial charge on any atom is 0.245 e. The Bertz CT molecular complexity index is 393. The topological polar surface area (TPSA) is 52.7 Å². The Kier molecular flexibility index (Phi) is 3.96. The second kappa shape index (κ2) is 5.72. The van der Waals surface area contributed by atoms with E-state index in [0.29, 0.717) is 13.1 Å². The first kappa shape index (κ1) is 13.9. The summed E-state index contributed by atoms with van der Waals surface area (Å²) in [4.78, 5) is 28.4. The fourth-order valence-electron chi connectivity index (χ4n) is 3.85. The highest BCUT2D eigenvalue weighted by atomic mass is 16.2. The van der Waals surface area contributed by atoms with E-state index in [2.05, 4.69) is 10.2 Å². The van der Waals surface area contributed by atoms with Crippen LogP contribution >= 0.6 is 0 Å². The van der Waals surface area contributed by atoms with Crippen LogP contribution in [0, 0.1) is 5.92 Å². The van der Waals surface area contributed by atoms with Gasteiger partial charge in [-0.1, -0.05) is 19.3 Å². The predicted molar refractivity (Wildman–Crippen MR) is 76.1 cm³/mol. The molecule has 0 aromatic carbocycles. The molecule has 3 fully saturated rings. The molecular weight excluding hydrogens is 254 g/mol. The third-order valence-corrected chi connectivity index (χ3v) is 5.02. The van der Waals surface area contributed by atoms with Crippen LogP contribution in [0.4, 0.5) is 0 Å². The van der Waals surface area contributed by atoms with Crippen molar-refractivity contribution in [2.45, 2.75) is 51.1 Å². The maximum absolute atomic E-state index is 12.1. The molecule has 2 atom stereocenters. The molecule has 2 saturated heterocycles. The summed E-state index contributed by atoms with van der Waals surface area (Å²) in [5.74, 6) is 0.883. The molecule has 0 radical (unpaired) electrons. The molecule has 1 saturated carbocycles. The van der Waals surface area contributed by atoms with Gasteiger partial charge in [0.05, 0.1) is 0 Å². The van der Waals surface area contributed by atoms with Gasteiger partial charge in [-0.15, -0.1) is 0 Å². The van der Waals surface area contributed by atoms with Crippen LogP contribution in [0.15, 0.2) is 0 Å². The van der Waals surface area contributed by atoms with E-state index in [1.807, 2.05) is 0 Å². The number of hydrogen-bond donors (Lipinski definition) is 1. The van der Waals surface area contributed by atoms with E-state index in [9.17, 15) is 9.59 Å². The van der Waals surface area contributed by atoms with E-state index in [1.54, 1.807) is 11.8 Å². The zero-order valence-electron chi connectivity index (χ0n) is 12.3. The second-order valence-electron chi connectivity index (χ2n) is 6.54. The van der Waals surface area contributed by atoms with Gasteiger partial charge in [-0.25, -0.2) is 0 Å². The average Bonchev–Trinajstić information content (AvgIpc) is 2.46. The molecule has 1 aliphatic carbocycles. The van der Waals surface area contributed by atoms with E-state index >= 15 is 0 Å². The lowest BCUT2D eigenvalue weighted by Gasteiger charge is -2.45. The van der Waals surface area contributed by atoms with Crippen molar-refractivity contribution in [3.63, 3.8) is 0 Å². The van der Waals surface area contributed by atoms with E-state index in [0.717, 1.165) is 19.0 Å². The molecule has 20 heavy (non-hydrogen) atoms. The van der Waals surface area contributed by atoms with E-state index in [4.69, 9.17) is 0 Å². The van der Waals surface area contributed by atoms with Gasteiger partial charge in [0.25, 0.3) is 0 Å². The van der Waals surface area contributed by atoms with Crippen molar-refractivity contribution < 1.29 is 9.59 Å². The minimum atomic E-state index is -0.358. The number of carbonyl (C=O) groups excluding carboxylic acids is 2. The monoisotopic (exact) mass is 279 g/mol. The van der Waals surface area contributed by atoms with Crippen LogP contribution in [-0.4, -0.2) is 59.9 Å². The van der Waals surface area contributed by atoms with Crippen LogP contribution in [0.1, 0.15) is 39.0 Å². The lowest BCUT2D eigenvalue weighted by Crippen LogP contribution is -2.68. The number of hydrogen-bond acceptors (Lipinski definition) is 3. The average molecular weight is 279 g/mol. The number of piperazine rings is 2. The largest absolute Gasteiger partial charge is 0.343 e. The molecule has 0 aromatic rings. The van der Waals surface area contributed by atoms with Gasteiger partial charge in [-0.3, -0.25) is 14.5 Å². The number of carbonyl (C=O) groups is 2. The normalized spacial score (nSPS) is 33.0. The summed E-state index contributed by atoms with van der Waals surface area (Å²) < 4.78 is 0. The summed E-state index contributed by atoms with van der Waals surface area (Å²) in [6.07, 6.45) is 6.73. The minimum absolute atomic E-state index is 0.0189. The van der Waals surface area contributed by atoms with Crippen LogP contribution in [0.25, 0.3) is 0 Å². The fraction of sp³-hybridized carbons (Fsp3) is 0.867. The van der Waals surface area contributed by atoms with Crippen molar-refractivity contribution >= 4 is 11.8 Å². The van der Waals surface area contributed by atoms with Gasteiger partial charge in [0, 0.05) is 26.2 Å². The molecule has 5 nitrogen and oxygen atoms in total. The summed E-state index contributed by atoms with van der Waals surface area (Å²) in [5.41, 5.74) is 0. The standard InChI is InChI=1S/C15H25N3O2/c1-11-15(20)18-8-7-17(10-13(18)14(19)16-11)9-12-5-3-2-4-6-12/h11-13H,2-10H2,1H3,(H,16,19)/t11-,13-/m1/s1. The van der Waals surface area contributed by atoms with Crippen LogP contribution in [-0.2, 0) is 9.59 Å². The first-order chi connectivity index (χ1) is 9.65. The Labute approximate surface area is 120 Å². The molecule has 0 spiro atoms. The SMILES string of the molecule is C[C@H]1NC(=O)[C@H]2CN(CC3CCCCC3)CCN2C1=O. The lowest BCUT2D eigenvalue weighted by molar-refractivity contribution is -0.152. The van der Waals surface area contributed by atoms with Crippen molar-refractivity contribution in [3.8, 4) is 0 Å². The first-order valence-electron chi connectivity index (χ1n) is 7.98.